The minimum absolute atomic E-state index is 0.0361. The molecular weight excluding hydrogens is 318 g/mol. The molecule has 0 aliphatic carbocycles. The SMILES string of the molecule is CCOC(=O)c1c(C)c(CCC(=O)NCc2ccccn2)c(C)n1C. The van der Waals surface area contributed by atoms with Crippen molar-refractivity contribution in [1.82, 2.24) is 14.9 Å². The maximum absolute atomic E-state index is 12.1. The van der Waals surface area contributed by atoms with Crippen LogP contribution in [0.1, 0.15) is 46.3 Å². The number of hydrogen-bond acceptors (Lipinski definition) is 4. The molecule has 6 nitrogen and oxygen atoms in total. The third kappa shape index (κ3) is 4.47. The number of nitrogens with one attached hydrogen (secondary N) is 1. The minimum atomic E-state index is -0.323. The van der Waals surface area contributed by atoms with E-state index in [1.54, 1.807) is 13.1 Å². The van der Waals surface area contributed by atoms with E-state index >= 15 is 0 Å². The summed E-state index contributed by atoms with van der Waals surface area (Å²) in [6.45, 7) is 6.40. The number of ether oxygens (including phenoxy) is 1. The molecule has 2 aromatic heterocycles. The van der Waals surface area contributed by atoms with Crippen molar-refractivity contribution >= 4 is 11.9 Å². The molecule has 0 radical (unpaired) electrons. The molecule has 2 rings (SSSR count). The van der Waals surface area contributed by atoms with E-state index in [-0.39, 0.29) is 11.9 Å². The third-order valence-corrected chi connectivity index (χ3v) is 4.35. The average Bonchev–Trinajstić information content (AvgIpc) is 2.81. The molecule has 0 aliphatic rings. The Morgan fingerprint density at radius 2 is 2.04 bits per heavy atom. The van der Waals surface area contributed by atoms with Gasteiger partial charge in [-0.2, -0.15) is 0 Å². The summed E-state index contributed by atoms with van der Waals surface area (Å²) < 4.78 is 6.97. The predicted molar refractivity (Wildman–Crippen MR) is 95.2 cm³/mol. The monoisotopic (exact) mass is 343 g/mol. The Hall–Kier alpha value is -2.63. The number of nitrogens with zero attached hydrogens (tertiary/aromatic N) is 2. The van der Waals surface area contributed by atoms with Crippen LogP contribution in [0.25, 0.3) is 0 Å². The highest BCUT2D eigenvalue weighted by Gasteiger charge is 2.21. The van der Waals surface area contributed by atoms with Crippen molar-refractivity contribution in [3.05, 3.63) is 52.6 Å². The van der Waals surface area contributed by atoms with E-state index in [1.165, 1.54) is 0 Å². The Kier molecular flexibility index (Phi) is 6.33. The van der Waals surface area contributed by atoms with Crippen molar-refractivity contribution in [3.8, 4) is 0 Å². The Labute approximate surface area is 148 Å². The van der Waals surface area contributed by atoms with Gasteiger partial charge in [-0.15, -0.1) is 0 Å². The van der Waals surface area contributed by atoms with Gasteiger partial charge in [-0.05, 0) is 50.5 Å². The summed E-state index contributed by atoms with van der Waals surface area (Å²) >= 11 is 0. The van der Waals surface area contributed by atoms with E-state index < -0.39 is 0 Å². The first-order chi connectivity index (χ1) is 12.0. The van der Waals surface area contributed by atoms with Crippen molar-refractivity contribution in [2.45, 2.75) is 40.2 Å². The maximum Gasteiger partial charge on any atom is 0.355 e. The lowest BCUT2D eigenvalue weighted by atomic mass is 10.0. The number of aromatic nitrogens is 2. The van der Waals surface area contributed by atoms with Gasteiger partial charge in [0.05, 0.1) is 18.8 Å². The second kappa shape index (κ2) is 8.46. The van der Waals surface area contributed by atoms with Crippen LogP contribution in [0.15, 0.2) is 24.4 Å². The molecule has 0 aliphatic heterocycles. The molecule has 134 valence electrons. The van der Waals surface area contributed by atoms with Gasteiger partial charge in [0.2, 0.25) is 5.91 Å². The summed E-state index contributed by atoms with van der Waals surface area (Å²) in [5.74, 6) is -0.359. The molecule has 25 heavy (non-hydrogen) atoms. The Morgan fingerprint density at radius 3 is 2.68 bits per heavy atom. The molecular formula is C19H25N3O3. The normalized spacial score (nSPS) is 10.6. The van der Waals surface area contributed by atoms with E-state index in [1.807, 2.05) is 43.7 Å². The van der Waals surface area contributed by atoms with Crippen LogP contribution in [-0.2, 0) is 29.5 Å². The Morgan fingerprint density at radius 1 is 1.28 bits per heavy atom. The maximum atomic E-state index is 12.1. The summed E-state index contributed by atoms with van der Waals surface area (Å²) in [5, 5.41) is 2.87. The molecule has 0 spiro atoms. The largest absolute Gasteiger partial charge is 0.461 e. The Bertz CT molecular complexity index is 751. The van der Waals surface area contributed by atoms with E-state index in [9.17, 15) is 9.59 Å². The highest BCUT2D eigenvalue weighted by Crippen LogP contribution is 2.23. The van der Waals surface area contributed by atoms with E-state index in [0.29, 0.717) is 31.7 Å². The van der Waals surface area contributed by atoms with Gasteiger partial charge in [0, 0.05) is 25.4 Å². The first-order valence-electron chi connectivity index (χ1n) is 8.44. The van der Waals surface area contributed by atoms with Crippen LogP contribution in [0.4, 0.5) is 0 Å². The molecule has 0 fully saturated rings. The zero-order chi connectivity index (χ0) is 18.4. The van der Waals surface area contributed by atoms with Gasteiger partial charge in [-0.25, -0.2) is 4.79 Å². The van der Waals surface area contributed by atoms with Gasteiger partial charge in [-0.1, -0.05) is 6.07 Å². The number of hydrogen-bond donors (Lipinski definition) is 1. The molecule has 0 atom stereocenters. The van der Waals surface area contributed by atoms with Gasteiger partial charge < -0.3 is 14.6 Å². The fraction of sp³-hybridized carbons (Fsp3) is 0.421. The van der Waals surface area contributed by atoms with Crippen LogP contribution in [-0.4, -0.2) is 28.0 Å². The predicted octanol–water partition coefficient (Wildman–Crippen LogP) is 2.46. The molecule has 0 unspecified atom stereocenters. The average molecular weight is 343 g/mol. The van der Waals surface area contributed by atoms with Crippen LogP contribution < -0.4 is 5.32 Å². The molecule has 0 saturated carbocycles. The highest BCUT2D eigenvalue weighted by molar-refractivity contribution is 5.90. The second-order valence-corrected chi connectivity index (χ2v) is 5.91. The molecule has 2 aromatic rings. The van der Waals surface area contributed by atoms with Crippen LogP contribution >= 0.6 is 0 Å². The molecule has 1 amide bonds. The number of rotatable bonds is 7. The van der Waals surface area contributed by atoms with Crippen molar-refractivity contribution in [1.29, 1.82) is 0 Å². The molecule has 0 saturated heterocycles. The lowest BCUT2D eigenvalue weighted by Crippen LogP contribution is -2.23. The molecule has 0 aromatic carbocycles. The van der Waals surface area contributed by atoms with Crippen LogP contribution in [0, 0.1) is 13.8 Å². The number of amides is 1. The summed E-state index contributed by atoms with van der Waals surface area (Å²) in [4.78, 5) is 28.4. The van der Waals surface area contributed by atoms with E-state index in [4.69, 9.17) is 4.74 Å². The topological polar surface area (TPSA) is 73.2 Å². The summed E-state index contributed by atoms with van der Waals surface area (Å²) in [5.41, 5.74) is 4.28. The van der Waals surface area contributed by atoms with Crippen LogP contribution in [0.2, 0.25) is 0 Å². The van der Waals surface area contributed by atoms with Gasteiger partial charge >= 0.3 is 5.97 Å². The van der Waals surface area contributed by atoms with Gasteiger partial charge in [0.1, 0.15) is 5.69 Å². The smallest absolute Gasteiger partial charge is 0.355 e. The zero-order valence-corrected chi connectivity index (χ0v) is 15.3. The zero-order valence-electron chi connectivity index (χ0n) is 15.3. The van der Waals surface area contributed by atoms with E-state index in [2.05, 4.69) is 10.3 Å². The highest BCUT2D eigenvalue weighted by atomic mass is 16.5. The first kappa shape index (κ1) is 18.7. The number of carbonyl (C=O) groups is 2. The lowest BCUT2D eigenvalue weighted by Gasteiger charge is -2.06. The van der Waals surface area contributed by atoms with Crippen molar-refractivity contribution < 1.29 is 14.3 Å². The first-order valence-corrected chi connectivity index (χ1v) is 8.44. The molecule has 2 heterocycles. The van der Waals surface area contributed by atoms with Gasteiger partial charge in [-0.3, -0.25) is 9.78 Å². The van der Waals surface area contributed by atoms with Gasteiger partial charge in [0.25, 0.3) is 0 Å². The molecule has 1 N–H and O–H groups in total. The van der Waals surface area contributed by atoms with Crippen LogP contribution in [0.5, 0.6) is 0 Å². The second-order valence-electron chi connectivity index (χ2n) is 5.91. The van der Waals surface area contributed by atoms with Crippen molar-refractivity contribution in [2.24, 2.45) is 7.05 Å². The quantitative estimate of drug-likeness (QED) is 0.784. The van der Waals surface area contributed by atoms with Crippen LogP contribution in [0.3, 0.4) is 0 Å². The minimum Gasteiger partial charge on any atom is -0.461 e. The van der Waals surface area contributed by atoms with Crippen molar-refractivity contribution in [3.63, 3.8) is 0 Å². The fourth-order valence-electron chi connectivity index (χ4n) is 2.91. The standard InChI is InChI=1S/C19H25N3O3/c1-5-25-19(24)18-13(2)16(14(3)22(18)4)9-10-17(23)21-12-15-8-6-7-11-20-15/h6-8,11H,5,9-10,12H2,1-4H3,(H,21,23). The number of pyridine rings is 1. The number of carbonyl (C=O) groups excluding carboxylic acids is 2. The summed E-state index contributed by atoms with van der Waals surface area (Å²) in [7, 11) is 1.85. The lowest BCUT2D eigenvalue weighted by molar-refractivity contribution is -0.121. The fourth-order valence-corrected chi connectivity index (χ4v) is 2.91. The Balaban J connectivity index is 1.99. The molecule has 6 heteroatoms. The van der Waals surface area contributed by atoms with Crippen molar-refractivity contribution in [2.75, 3.05) is 6.61 Å². The number of esters is 1. The van der Waals surface area contributed by atoms with E-state index in [0.717, 1.165) is 22.5 Å². The third-order valence-electron chi connectivity index (χ3n) is 4.35. The van der Waals surface area contributed by atoms with Gasteiger partial charge in [0.15, 0.2) is 0 Å². The molecule has 0 bridgehead atoms. The summed E-state index contributed by atoms with van der Waals surface area (Å²) in [6, 6.07) is 5.60. The summed E-state index contributed by atoms with van der Waals surface area (Å²) in [6.07, 6.45) is 2.65.